The van der Waals surface area contributed by atoms with Crippen molar-refractivity contribution in [1.29, 1.82) is 0 Å². The first-order valence-electron chi connectivity index (χ1n) is 5.34. The molecule has 0 radical (unpaired) electrons. The van der Waals surface area contributed by atoms with Crippen LogP contribution in [0.4, 0.5) is 11.4 Å². The molecule has 0 fully saturated rings. The van der Waals surface area contributed by atoms with Gasteiger partial charge in [-0.3, -0.25) is 0 Å². The number of hydrogen-bond acceptors (Lipinski definition) is 3. The molecule has 16 heavy (non-hydrogen) atoms. The number of H-pyrrole nitrogens is 1. The second kappa shape index (κ2) is 4.70. The highest BCUT2D eigenvalue weighted by Gasteiger charge is 1.97. The smallest absolute Gasteiger partial charge is 0.107 e. The van der Waals surface area contributed by atoms with E-state index in [9.17, 15) is 0 Å². The fourth-order valence-corrected chi connectivity index (χ4v) is 1.55. The lowest BCUT2D eigenvalue weighted by Crippen LogP contribution is -2.06. The number of aromatic amines is 1. The maximum atomic E-state index is 5.75. The first kappa shape index (κ1) is 10.5. The van der Waals surface area contributed by atoms with Crippen molar-refractivity contribution in [2.75, 3.05) is 17.6 Å². The number of anilines is 2. The van der Waals surface area contributed by atoms with Gasteiger partial charge in [-0.15, -0.1) is 0 Å². The molecule has 2 rings (SSSR count). The molecule has 4 nitrogen and oxygen atoms in total. The van der Waals surface area contributed by atoms with Crippen molar-refractivity contribution < 1.29 is 0 Å². The third-order valence-corrected chi connectivity index (χ3v) is 2.52. The van der Waals surface area contributed by atoms with E-state index in [1.807, 2.05) is 25.3 Å². The maximum absolute atomic E-state index is 5.75. The van der Waals surface area contributed by atoms with Gasteiger partial charge in [-0.1, -0.05) is 0 Å². The molecule has 0 saturated heterocycles. The van der Waals surface area contributed by atoms with Crippen LogP contribution in [0.25, 0.3) is 0 Å². The van der Waals surface area contributed by atoms with Gasteiger partial charge in [-0.05, 0) is 30.7 Å². The van der Waals surface area contributed by atoms with Gasteiger partial charge < -0.3 is 16.0 Å². The number of aromatic nitrogens is 2. The van der Waals surface area contributed by atoms with Crippen molar-refractivity contribution in [2.24, 2.45) is 0 Å². The van der Waals surface area contributed by atoms with E-state index in [1.165, 1.54) is 0 Å². The van der Waals surface area contributed by atoms with Gasteiger partial charge >= 0.3 is 0 Å². The number of nitrogens with one attached hydrogen (secondary N) is 2. The van der Waals surface area contributed by atoms with E-state index < -0.39 is 0 Å². The van der Waals surface area contributed by atoms with Gasteiger partial charge in [0.25, 0.3) is 0 Å². The standard InChI is InChI=1S/C12H16N4/c1-9-8-10(2-3-11(9)13)14-5-4-12-15-6-7-16-12/h2-3,6-8,14H,4-5,13H2,1H3,(H,15,16). The van der Waals surface area contributed by atoms with Gasteiger partial charge in [0.2, 0.25) is 0 Å². The van der Waals surface area contributed by atoms with E-state index in [0.717, 1.165) is 35.7 Å². The number of nitrogens with two attached hydrogens (primary N) is 1. The molecule has 0 aliphatic rings. The van der Waals surface area contributed by atoms with Crippen molar-refractivity contribution in [1.82, 2.24) is 9.97 Å². The highest BCUT2D eigenvalue weighted by molar-refractivity contribution is 5.56. The number of rotatable bonds is 4. The van der Waals surface area contributed by atoms with Crippen molar-refractivity contribution in [2.45, 2.75) is 13.3 Å². The summed E-state index contributed by atoms with van der Waals surface area (Å²) in [7, 11) is 0. The van der Waals surface area contributed by atoms with E-state index in [-0.39, 0.29) is 0 Å². The Morgan fingerprint density at radius 3 is 3.00 bits per heavy atom. The molecule has 0 unspecified atom stereocenters. The van der Waals surface area contributed by atoms with Crippen LogP contribution < -0.4 is 11.1 Å². The highest BCUT2D eigenvalue weighted by atomic mass is 14.9. The first-order chi connectivity index (χ1) is 7.75. The Kier molecular flexibility index (Phi) is 3.10. The van der Waals surface area contributed by atoms with Crippen molar-refractivity contribution in [3.05, 3.63) is 42.0 Å². The second-order valence-corrected chi connectivity index (χ2v) is 3.78. The third-order valence-electron chi connectivity index (χ3n) is 2.52. The molecule has 1 heterocycles. The average Bonchev–Trinajstić information content (AvgIpc) is 2.76. The molecule has 0 atom stereocenters. The molecule has 1 aromatic carbocycles. The molecule has 0 saturated carbocycles. The Morgan fingerprint density at radius 1 is 1.44 bits per heavy atom. The lowest BCUT2D eigenvalue weighted by molar-refractivity contribution is 0.927. The lowest BCUT2D eigenvalue weighted by Gasteiger charge is -2.07. The monoisotopic (exact) mass is 216 g/mol. The molecule has 0 aliphatic carbocycles. The Balaban J connectivity index is 1.87. The molecule has 1 aromatic heterocycles. The SMILES string of the molecule is Cc1cc(NCCc2ncc[nH]2)ccc1N. The van der Waals surface area contributed by atoms with E-state index in [4.69, 9.17) is 5.73 Å². The fourth-order valence-electron chi connectivity index (χ4n) is 1.55. The average molecular weight is 216 g/mol. The summed E-state index contributed by atoms with van der Waals surface area (Å²) in [5, 5.41) is 3.34. The summed E-state index contributed by atoms with van der Waals surface area (Å²) in [6.45, 7) is 2.86. The summed E-state index contributed by atoms with van der Waals surface area (Å²) < 4.78 is 0. The van der Waals surface area contributed by atoms with Gasteiger partial charge in [0.05, 0.1) is 0 Å². The lowest BCUT2D eigenvalue weighted by atomic mass is 10.2. The summed E-state index contributed by atoms with van der Waals surface area (Å²) in [5.74, 6) is 1.000. The summed E-state index contributed by atoms with van der Waals surface area (Å²) in [4.78, 5) is 7.24. The van der Waals surface area contributed by atoms with Gasteiger partial charge in [-0.2, -0.15) is 0 Å². The minimum atomic E-state index is 0.830. The summed E-state index contributed by atoms with van der Waals surface area (Å²) in [5.41, 5.74) is 8.78. The highest BCUT2D eigenvalue weighted by Crippen LogP contribution is 2.16. The molecule has 2 aromatic rings. The third kappa shape index (κ3) is 2.53. The largest absolute Gasteiger partial charge is 0.399 e. The number of imidazole rings is 1. The van der Waals surface area contributed by atoms with Gasteiger partial charge in [0.1, 0.15) is 5.82 Å². The summed E-state index contributed by atoms with van der Waals surface area (Å²) >= 11 is 0. The first-order valence-corrected chi connectivity index (χ1v) is 5.34. The molecular weight excluding hydrogens is 200 g/mol. The van der Waals surface area contributed by atoms with Crippen LogP contribution in [0.1, 0.15) is 11.4 Å². The van der Waals surface area contributed by atoms with Crippen molar-refractivity contribution in [3.8, 4) is 0 Å². The van der Waals surface area contributed by atoms with Crippen LogP contribution in [0.2, 0.25) is 0 Å². The molecule has 0 aliphatic heterocycles. The number of nitrogens with zero attached hydrogens (tertiary/aromatic N) is 1. The zero-order valence-electron chi connectivity index (χ0n) is 9.33. The molecule has 0 spiro atoms. The zero-order chi connectivity index (χ0) is 11.4. The Labute approximate surface area is 94.9 Å². The van der Waals surface area contributed by atoms with E-state index in [0.29, 0.717) is 0 Å². The second-order valence-electron chi connectivity index (χ2n) is 3.78. The topological polar surface area (TPSA) is 66.7 Å². The van der Waals surface area contributed by atoms with Crippen LogP contribution in [0.3, 0.4) is 0 Å². The van der Waals surface area contributed by atoms with Crippen LogP contribution in [-0.2, 0) is 6.42 Å². The predicted octanol–water partition coefficient (Wildman–Crippen LogP) is 1.95. The van der Waals surface area contributed by atoms with Crippen molar-refractivity contribution >= 4 is 11.4 Å². The maximum Gasteiger partial charge on any atom is 0.107 e. The summed E-state index contributed by atoms with van der Waals surface area (Å²) in [6, 6.07) is 5.96. The Hall–Kier alpha value is -1.97. The van der Waals surface area contributed by atoms with E-state index in [2.05, 4.69) is 21.4 Å². The van der Waals surface area contributed by atoms with Gasteiger partial charge in [0, 0.05) is 36.7 Å². The molecular formula is C12H16N4. The predicted molar refractivity (Wildman–Crippen MR) is 66.4 cm³/mol. The summed E-state index contributed by atoms with van der Waals surface area (Å²) in [6.07, 6.45) is 4.49. The molecule has 0 amide bonds. The zero-order valence-corrected chi connectivity index (χ0v) is 9.33. The van der Waals surface area contributed by atoms with Crippen LogP contribution in [-0.4, -0.2) is 16.5 Å². The molecule has 0 bridgehead atoms. The van der Waals surface area contributed by atoms with Crippen LogP contribution >= 0.6 is 0 Å². The molecule has 4 heteroatoms. The van der Waals surface area contributed by atoms with Gasteiger partial charge in [-0.25, -0.2) is 4.98 Å². The van der Waals surface area contributed by atoms with E-state index in [1.54, 1.807) is 6.20 Å². The van der Waals surface area contributed by atoms with E-state index >= 15 is 0 Å². The van der Waals surface area contributed by atoms with Crippen molar-refractivity contribution in [3.63, 3.8) is 0 Å². The number of hydrogen-bond donors (Lipinski definition) is 3. The fraction of sp³-hybridized carbons (Fsp3) is 0.250. The minimum absolute atomic E-state index is 0.830. The normalized spacial score (nSPS) is 10.3. The molecule has 84 valence electrons. The van der Waals surface area contributed by atoms with Gasteiger partial charge in [0.15, 0.2) is 0 Å². The van der Waals surface area contributed by atoms with Crippen LogP contribution in [0.15, 0.2) is 30.6 Å². The van der Waals surface area contributed by atoms with Crippen LogP contribution in [0.5, 0.6) is 0 Å². The minimum Gasteiger partial charge on any atom is -0.399 e. The Bertz CT molecular complexity index is 448. The number of nitrogen functional groups attached to an aromatic ring is 1. The van der Waals surface area contributed by atoms with Crippen LogP contribution in [0, 0.1) is 6.92 Å². The molecule has 4 N–H and O–H groups in total. The Morgan fingerprint density at radius 2 is 2.31 bits per heavy atom. The number of benzene rings is 1. The quantitative estimate of drug-likeness (QED) is 0.684. The number of aryl methyl sites for hydroxylation is 1.